The quantitative estimate of drug-likeness (QED) is 0.589. The zero-order valence-corrected chi connectivity index (χ0v) is 15.6. The zero-order valence-electron chi connectivity index (χ0n) is 14.8. The van der Waals surface area contributed by atoms with E-state index in [4.69, 9.17) is 21.1 Å². The van der Waals surface area contributed by atoms with E-state index >= 15 is 0 Å². The molecule has 0 spiro atoms. The Kier molecular flexibility index (Phi) is 4.60. The SMILES string of the molecule is COc1ccc(Nc2ncc(C)c(Nc3ccc4c(c3)NCO4)n2)cc1Cl. The molecule has 3 aromatic rings. The maximum absolute atomic E-state index is 6.17. The Balaban J connectivity index is 1.55. The number of nitrogens with one attached hydrogen (secondary N) is 3. The smallest absolute Gasteiger partial charge is 0.229 e. The number of methoxy groups -OCH3 is 1. The molecule has 8 heteroatoms. The van der Waals surface area contributed by atoms with Crippen LogP contribution in [-0.2, 0) is 0 Å². The van der Waals surface area contributed by atoms with E-state index in [-0.39, 0.29) is 0 Å². The van der Waals surface area contributed by atoms with Crippen LogP contribution in [0.25, 0.3) is 0 Å². The maximum atomic E-state index is 6.17. The summed E-state index contributed by atoms with van der Waals surface area (Å²) in [5.41, 5.74) is 3.57. The zero-order chi connectivity index (χ0) is 18.8. The third kappa shape index (κ3) is 3.68. The Morgan fingerprint density at radius 3 is 2.78 bits per heavy atom. The van der Waals surface area contributed by atoms with Gasteiger partial charge in [-0.2, -0.15) is 4.98 Å². The van der Waals surface area contributed by atoms with Crippen molar-refractivity contribution in [2.24, 2.45) is 0 Å². The fourth-order valence-electron chi connectivity index (χ4n) is 2.70. The molecule has 1 aromatic heterocycles. The van der Waals surface area contributed by atoms with Crippen molar-refractivity contribution in [3.8, 4) is 11.5 Å². The van der Waals surface area contributed by atoms with Crippen LogP contribution in [0.5, 0.6) is 11.5 Å². The molecule has 138 valence electrons. The number of halogens is 1. The Morgan fingerprint density at radius 1 is 1.15 bits per heavy atom. The van der Waals surface area contributed by atoms with Gasteiger partial charge in [-0.3, -0.25) is 0 Å². The summed E-state index contributed by atoms with van der Waals surface area (Å²) < 4.78 is 10.6. The first-order valence-corrected chi connectivity index (χ1v) is 8.72. The van der Waals surface area contributed by atoms with E-state index in [1.165, 1.54) is 0 Å². The first-order chi connectivity index (χ1) is 13.1. The molecule has 0 unspecified atom stereocenters. The molecule has 0 bridgehead atoms. The lowest BCUT2D eigenvalue weighted by atomic mass is 10.2. The van der Waals surface area contributed by atoms with Gasteiger partial charge in [0.1, 0.15) is 17.3 Å². The number of rotatable bonds is 5. The second-order valence-corrected chi connectivity index (χ2v) is 6.41. The van der Waals surface area contributed by atoms with E-state index in [9.17, 15) is 0 Å². The van der Waals surface area contributed by atoms with E-state index in [1.54, 1.807) is 25.4 Å². The van der Waals surface area contributed by atoms with Crippen molar-refractivity contribution in [1.29, 1.82) is 0 Å². The Labute approximate surface area is 161 Å². The number of nitrogens with zero attached hydrogens (tertiary/aromatic N) is 2. The molecule has 0 aliphatic carbocycles. The summed E-state index contributed by atoms with van der Waals surface area (Å²) in [4.78, 5) is 8.91. The fraction of sp³-hybridized carbons (Fsp3) is 0.158. The summed E-state index contributed by atoms with van der Waals surface area (Å²) >= 11 is 6.17. The highest BCUT2D eigenvalue weighted by molar-refractivity contribution is 6.32. The molecule has 2 aromatic carbocycles. The van der Waals surface area contributed by atoms with Gasteiger partial charge in [0.2, 0.25) is 5.95 Å². The maximum Gasteiger partial charge on any atom is 0.229 e. The van der Waals surface area contributed by atoms with E-state index in [0.717, 1.165) is 28.4 Å². The molecule has 0 atom stereocenters. The predicted molar refractivity (Wildman–Crippen MR) is 107 cm³/mol. The summed E-state index contributed by atoms with van der Waals surface area (Å²) in [6.07, 6.45) is 1.76. The second-order valence-electron chi connectivity index (χ2n) is 6.00. The largest absolute Gasteiger partial charge is 0.495 e. The minimum atomic E-state index is 0.465. The topological polar surface area (TPSA) is 80.3 Å². The Hall–Kier alpha value is -3.19. The number of aromatic nitrogens is 2. The Morgan fingerprint density at radius 2 is 1.96 bits per heavy atom. The molecule has 7 nitrogen and oxygen atoms in total. The summed E-state index contributed by atoms with van der Waals surface area (Å²) in [5.74, 6) is 2.64. The van der Waals surface area contributed by atoms with E-state index in [1.807, 2.05) is 31.2 Å². The molecule has 0 saturated carbocycles. The number of benzene rings is 2. The van der Waals surface area contributed by atoms with Gasteiger partial charge in [-0.05, 0) is 43.3 Å². The number of anilines is 5. The van der Waals surface area contributed by atoms with E-state index in [0.29, 0.717) is 29.3 Å². The highest BCUT2D eigenvalue weighted by Gasteiger charge is 2.12. The predicted octanol–water partition coefficient (Wildman–Crippen LogP) is 4.70. The first kappa shape index (κ1) is 17.2. The average molecular weight is 384 g/mol. The lowest BCUT2D eigenvalue weighted by molar-refractivity contribution is 0.372. The van der Waals surface area contributed by atoms with Gasteiger partial charge in [0.15, 0.2) is 6.73 Å². The van der Waals surface area contributed by atoms with Gasteiger partial charge in [-0.1, -0.05) is 11.6 Å². The van der Waals surface area contributed by atoms with Crippen molar-refractivity contribution in [1.82, 2.24) is 9.97 Å². The van der Waals surface area contributed by atoms with Gasteiger partial charge in [0.25, 0.3) is 0 Å². The van der Waals surface area contributed by atoms with Gasteiger partial charge in [-0.25, -0.2) is 4.98 Å². The van der Waals surface area contributed by atoms with Crippen LogP contribution in [0.4, 0.5) is 28.8 Å². The average Bonchev–Trinajstić information content (AvgIpc) is 3.12. The Bertz CT molecular complexity index is 996. The summed E-state index contributed by atoms with van der Waals surface area (Å²) in [6, 6.07) is 11.3. The van der Waals surface area contributed by atoms with Gasteiger partial charge in [0, 0.05) is 23.1 Å². The fourth-order valence-corrected chi connectivity index (χ4v) is 2.96. The van der Waals surface area contributed by atoms with Crippen LogP contribution in [-0.4, -0.2) is 23.8 Å². The molecular formula is C19H18ClN5O2. The van der Waals surface area contributed by atoms with E-state index in [2.05, 4.69) is 25.9 Å². The molecule has 4 rings (SSSR count). The standard InChI is InChI=1S/C19H18ClN5O2/c1-11-9-21-19(24-12-3-5-16(26-2)14(20)7-12)25-18(11)23-13-4-6-17-15(8-13)22-10-27-17/h3-9,22H,10H2,1-2H3,(H2,21,23,24,25). The molecule has 1 aliphatic heterocycles. The van der Waals surface area contributed by atoms with Crippen molar-refractivity contribution in [2.75, 3.05) is 29.8 Å². The summed E-state index contributed by atoms with van der Waals surface area (Å²) in [5, 5.41) is 10.2. The van der Waals surface area contributed by atoms with Crippen molar-refractivity contribution in [3.63, 3.8) is 0 Å². The number of aryl methyl sites for hydroxylation is 1. The molecule has 0 fully saturated rings. The lowest BCUT2D eigenvalue weighted by Crippen LogP contribution is -2.03. The molecule has 1 aliphatic rings. The minimum Gasteiger partial charge on any atom is -0.495 e. The second kappa shape index (κ2) is 7.20. The highest BCUT2D eigenvalue weighted by atomic mass is 35.5. The third-order valence-electron chi connectivity index (χ3n) is 4.11. The molecule has 0 radical (unpaired) electrons. The number of hydrogen-bond donors (Lipinski definition) is 3. The monoisotopic (exact) mass is 383 g/mol. The van der Waals surface area contributed by atoms with Crippen molar-refractivity contribution < 1.29 is 9.47 Å². The third-order valence-corrected chi connectivity index (χ3v) is 4.41. The first-order valence-electron chi connectivity index (χ1n) is 8.34. The molecule has 0 saturated heterocycles. The van der Waals surface area contributed by atoms with E-state index < -0.39 is 0 Å². The summed E-state index contributed by atoms with van der Waals surface area (Å²) in [6.45, 7) is 2.44. The molecule has 3 N–H and O–H groups in total. The van der Waals surface area contributed by atoms with Crippen LogP contribution < -0.4 is 25.4 Å². The molecule has 0 amide bonds. The van der Waals surface area contributed by atoms with Crippen LogP contribution in [0, 0.1) is 6.92 Å². The number of ether oxygens (including phenoxy) is 2. The van der Waals surface area contributed by atoms with Gasteiger partial charge < -0.3 is 25.4 Å². The van der Waals surface area contributed by atoms with Crippen LogP contribution in [0.3, 0.4) is 0 Å². The van der Waals surface area contributed by atoms with Crippen LogP contribution in [0.15, 0.2) is 42.6 Å². The highest BCUT2D eigenvalue weighted by Crippen LogP contribution is 2.33. The minimum absolute atomic E-state index is 0.465. The molecular weight excluding hydrogens is 366 g/mol. The van der Waals surface area contributed by atoms with Gasteiger partial charge >= 0.3 is 0 Å². The van der Waals surface area contributed by atoms with Crippen LogP contribution >= 0.6 is 11.6 Å². The van der Waals surface area contributed by atoms with Crippen molar-refractivity contribution in [3.05, 3.63) is 53.2 Å². The van der Waals surface area contributed by atoms with Gasteiger partial charge in [0.05, 0.1) is 17.8 Å². The molecule has 2 heterocycles. The summed E-state index contributed by atoms with van der Waals surface area (Å²) in [7, 11) is 1.58. The van der Waals surface area contributed by atoms with Crippen LogP contribution in [0.2, 0.25) is 5.02 Å². The van der Waals surface area contributed by atoms with Gasteiger partial charge in [-0.15, -0.1) is 0 Å². The van der Waals surface area contributed by atoms with Crippen molar-refractivity contribution in [2.45, 2.75) is 6.92 Å². The molecule has 27 heavy (non-hydrogen) atoms. The lowest BCUT2D eigenvalue weighted by Gasteiger charge is -2.12. The normalized spacial score (nSPS) is 12.0. The van der Waals surface area contributed by atoms with Crippen LogP contribution in [0.1, 0.15) is 5.56 Å². The van der Waals surface area contributed by atoms with Crippen molar-refractivity contribution >= 4 is 40.4 Å². The number of hydrogen-bond acceptors (Lipinski definition) is 7. The number of fused-ring (bicyclic) bond motifs is 1.